The molecule has 3 rings (SSSR count). The Hall–Kier alpha value is -1.40. The highest BCUT2D eigenvalue weighted by Gasteiger charge is 2.25. The highest BCUT2D eigenvalue weighted by atomic mass is 16.5. The van der Waals surface area contributed by atoms with Gasteiger partial charge in [-0.3, -0.25) is 9.89 Å². The third kappa shape index (κ3) is 4.08. The molecule has 0 radical (unpaired) electrons. The summed E-state index contributed by atoms with van der Waals surface area (Å²) in [7, 11) is 0. The van der Waals surface area contributed by atoms with E-state index in [0.29, 0.717) is 25.6 Å². The van der Waals surface area contributed by atoms with Crippen LogP contribution in [0.1, 0.15) is 43.7 Å². The first kappa shape index (κ1) is 15.5. The SMILES string of the molecule is O=C(CCOCC1CCCO1)N1CCCC(c2ccn[nH]2)C1. The molecule has 1 aromatic heterocycles. The van der Waals surface area contributed by atoms with Gasteiger partial charge in [0.15, 0.2) is 0 Å². The van der Waals surface area contributed by atoms with Gasteiger partial charge in [0.1, 0.15) is 0 Å². The molecule has 6 nitrogen and oxygen atoms in total. The zero-order valence-corrected chi connectivity index (χ0v) is 13.0. The molecule has 0 aliphatic carbocycles. The van der Waals surface area contributed by atoms with Crippen molar-refractivity contribution in [2.24, 2.45) is 0 Å². The third-order valence-corrected chi connectivity index (χ3v) is 4.52. The van der Waals surface area contributed by atoms with Gasteiger partial charge in [-0.25, -0.2) is 0 Å². The number of hydrogen-bond donors (Lipinski definition) is 1. The molecular weight excluding hydrogens is 282 g/mol. The number of aromatic nitrogens is 2. The average molecular weight is 307 g/mol. The van der Waals surface area contributed by atoms with E-state index in [2.05, 4.69) is 10.2 Å². The van der Waals surface area contributed by atoms with Crippen LogP contribution in [0.25, 0.3) is 0 Å². The summed E-state index contributed by atoms with van der Waals surface area (Å²) in [5.41, 5.74) is 1.13. The number of likely N-dealkylation sites (tertiary alicyclic amines) is 1. The van der Waals surface area contributed by atoms with Crippen LogP contribution in [-0.4, -0.2) is 60.0 Å². The van der Waals surface area contributed by atoms with Crippen molar-refractivity contribution in [3.8, 4) is 0 Å². The Labute approximate surface area is 131 Å². The molecule has 0 spiro atoms. The summed E-state index contributed by atoms with van der Waals surface area (Å²) in [6, 6.07) is 2.00. The van der Waals surface area contributed by atoms with Gasteiger partial charge in [-0.05, 0) is 31.7 Å². The number of hydrogen-bond acceptors (Lipinski definition) is 4. The van der Waals surface area contributed by atoms with Crippen LogP contribution in [0.4, 0.5) is 0 Å². The van der Waals surface area contributed by atoms with Crippen molar-refractivity contribution in [3.05, 3.63) is 18.0 Å². The molecule has 1 aromatic rings. The van der Waals surface area contributed by atoms with E-state index in [1.807, 2.05) is 11.0 Å². The molecule has 1 N–H and O–H groups in total. The van der Waals surface area contributed by atoms with Crippen LogP contribution in [-0.2, 0) is 14.3 Å². The Morgan fingerprint density at radius 3 is 3.18 bits per heavy atom. The maximum Gasteiger partial charge on any atom is 0.224 e. The minimum absolute atomic E-state index is 0.191. The fourth-order valence-corrected chi connectivity index (χ4v) is 3.26. The second-order valence-corrected chi connectivity index (χ2v) is 6.15. The molecule has 2 fully saturated rings. The fourth-order valence-electron chi connectivity index (χ4n) is 3.26. The summed E-state index contributed by atoms with van der Waals surface area (Å²) >= 11 is 0. The molecule has 0 aromatic carbocycles. The molecular formula is C16H25N3O3. The van der Waals surface area contributed by atoms with Gasteiger partial charge >= 0.3 is 0 Å². The molecule has 6 heteroatoms. The summed E-state index contributed by atoms with van der Waals surface area (Å²) in [6.07, 6.45) is 6.82. The van der Waals surface area contributed by atoms with Crippen molar-refractivity contribution in [2.45, 2.75) is 44.1 Å². The van der Waals surface area contributed by atoms with Crippen LogP contribution in [0.3, 0.4) is 0 Å². The van der Waals surface area contributed by atoms with Crippen LogP contribution < -0.4 is 0 Å². The summed E-state index contributed by atoms with van der Waals surface area (Å²) in [4.78, 5) is 14.3. The maximum absolute atomic E-state index is 12.3. The fraction of sp³-hybridized carbons (Fsp3) is 0.750. The number of carbonyl (C=O) groups excluding carboxylic acids is 1. The van der Waals surface area contributed by atoms with E-state index in [9.17, 15) is 4.79 Å². The number of rotatable bonds is 6. The highest BCUT2D eigenvalue weighted by molar-refractivity contribution is 5.76. The zero-order valence-electron chi connectivity index (χ0n) is 13.0. The van der Waals surface area contributed by atoms with Crippen molar-refractivity contribution in [1.82, 2.24) is 15.1 Å². The quantitative estimate of drug-likeness (QED) is 0.812. The molecule has 2 aliphatic rings. The van der Waals surface area contributed by atoms with Gasteiger partial charge in [-0.15, -0.1) is 0 Å². The summed E-state index contributed by atoms with van der Waals surface area (Å²) in [5, 5.41) is 7.03. The molecule has 3 heterocycles. The van der Waals surface area contributed by atoms with Crippen molar-refractivity contribution >= 4 is 5.91 Å². The summed E-state index contributed by atoms with van der Waals surface area (Å²) in [6.45, 7) is 3.59. The largest absolute Gasteiger partial charge is 0.378 e. The van der Waals surface area contributed by atoms with Crippen molar-refractivity contribution in [2.75, 3.05) is 32.9 Å². The summed E-state index contributed by atoms with van der Waals surface area (Å²) < 4.78 is 11.1. The van der Waals surface area contributed by atoms with Gasteiger partial charge in [0, 0.05) is 37.5 Å². The van der Waals surface area contributed by atoms with E-state index in [1.165, 1.54) is 0 Å². The molecule has 2 unspecified atom stereocenters. The number of H-pyrrole nitrogens is 1. The van der Waals surface area contributed by atoms with E-state index in [4.69, 9.17) is 9.47 Å². The Morgan fingerprint density at radius 2 is 2.41 bits per heavy atom. The number of amides is 1. The number of carbonyl (C=O) groups is 1. The number of nitrogens with zero attached hydrogens (tertiary/aromatic N) is 2. The van der Waals surface area contributed by atoms with E-state index in [0.717, 1.165) is 51.1 Å². The van der Waals surface area contributed by atoms with E-state index < -0.39 is 0 Å². The number of aromatic amines is 1. The lowest BCUT2D eigenvalue weighted by Gasteiger charge is -2.32. The lowest BCUT2D eigenvalue weighted by molar-refractivity contribution is -0.133. The van der Waals surface area contributed by atoms with Crippen LogP contribution >= 0.6 is 0 Å². The Kier molecular flexibility index (Phi) is 5.45. The van der Waals surface area contributed by atoms with Crippen LogP contribution in [0.15, 0.2) is 12.3 Å². The highest BCUT2D eigenvalue weighted by Crippen LogP contribution is 2.25. The van der Waals surface area contributed by atoms with E-state index in [1.54, 1.807) is 6.20 Å². The maximum atomic E-state index is 12.3. The molecule has 2 aliphatic heterocycles. The molecule has 122 valence electrons. The van der Waals surface area contributed by atoms with Gasteiger partial charge in [-0.1, -0.05) is 0 Å². The lowest BCUT2D eigenvalue weighted by atomic mass is 9.95. The normalized spacial score (nSPS) is 25.5. The minimum Gasteiger partial charge on any atom is -0.378 e. The molecule has 0 bridgehead atoms. The topological polar surface area (TPSA) is 67.5 Å². The van der Waals surface area contributed by atoms with Crippen molar-refractivity contribution < 1.29 is 14.3 Å². The molecule has 0 saturated carbocycles. The smallest absolute Gasteiger partial charge is 0.224 e. The zero-order chi connectivity index (χ0) is 15.2. The second-order valence-electron chi connectivity index (χ2n) is 6.15. The number of nitrogens with one attached hydrogen (secondary N) is 1. The first-order valence-electron chi connectivity index (χ1n) is 8.29. The standard InChI is InChI=1S/C16H25N3O3/c20-16(6-10-21-12-14-4-2-9-22-14)19-8-1-3-13(11-19)15-5-7-17-18-15/h5,7,13-14H,1-4,6,8-12H2,(H,17,18). The summed E-state index contributed by atoms with van der Waals surface area (Å²) in [5.74, 6) is 0.574. The predicted octanol–water partition coefficient (Wildman–Crippen LogP) is 1.70. The second kappa shape index (κ2) is 7.74. The molecule has 2 saturated heterocycles. The number of ether oxygens (including phenoxy) is 2. The van der Waals surface area contributed by atoms with Gasteiger partial charge < -0.3 is 14.4 Å². The minimum atomic E-state index is 0.191. The van der Waals surface area contributed by atoms with Gasteiger partial charge in [0.25, 0.3) is 0 Å². The monoisotopic (exact) mass is 307 g/mol. The Balaban J connectivity index is 1.37. The third-order valence-electron chi connectivity index (χ3n) is 4.52. The molecule has 1 amide bonds. The first-order chi connectivity index (χ1) is 10.8. The number of piperidine rings is 1. The Bertz CT molecular complexity index is 457. The van der Waals surface area contributed by atoms with Crippen LogP contribution in [0, 0.1) is 0 Å². The lowest BCUT2D eigenvalue weighted by Crippen LogP contribution is -2.39. The Morgan fingerprint density at radius 1 is 1.45 bits per heavy atom. The van der Waals surface area contributed by atoms with Gasteiger partial charge in [-0.2, -0.15) is 5.10 Å². The van der Waals surface area contributed by atoms with Gasteiger partial charge in [0.05, 0.1) is 25.7 Å². The van der Waals surface area contributed by atoms with E-state index in [-0.39, 0.29) is 12.0 Å². The average Bonchev–Trinajstić information content (AvgIpc) is 3.24. The van der Waals surface area contributed by atoms with Gasteiger partial charge in [0.2, 0.25) is 5.91 Å². The van der Waals surface area contributed by atoms with E-state index >= 15 is 0 Å². The van der Waals surface area contributed by atoms with Crippen LogP contribution in [0.2, 0.25) is 0 Å². The predicted molar refractivity (Wildman–Crippen MR) is 81.6 cm³/mol. The molecule has 2 atom stereocenters. The molecule has 22 heavy (non-hydrogen) atoms. The van der Waals surface area contributed by atoms with Crippen LogP contribution in [0.5, 0.6) is 0 Å². The van der Waals surface area contributed by atoms with Crippen molar-refractivity contribution in [1.29, 1.82) is 0 Å². The van der Waals surface area contributed by atoms with Crippen molar-refractivity contribution in [3.63, 3.8) is 0 Å². The first-order valence-corrected chi connectivity index (χ1v) is 8.29.